The Morgan fingerprint density at radius 2 is 2.04 bits per heavy atom. The van der Waals surface area contributed by atoms with Crippen molar-refractivity contribution in [3.05, 3.63) is 41.0 Å². The lowest BCUT2D eigenvalue weighted by Gasteiger charge is -2.36. The molecule has 0 spiro atoms. The fraction of sp³-hybridized carbons (Fsp3) is 0.526. The van der Waals surface area contributed by atoms with E-state index in [2.05, 4.69) is 27.0 Å². The number of aromatic nitrogens is 3. The molecule has 1 fully saturated rings. The van der Waals surface area contributed by atoms with E-state index in [0.717, 1.165) is 36.3 Å². The maximum Gasteiger partial charge on any atom is 0.274 e. The normalized spacial score (nSPS) is 23.0. The predicted molar refractivity (Wildman–Crippen MR) is 98.3 cm³/mol. The number of rotatable bonds is 2. The number of anilines is 1. The molecule has 4 rings (SSSR count). The number of H-pyrrole nitrogens is 1. The van der Waals surface area contributed by atoms with Crippen LogP contribution in [0.15, 0.2) is 18.5 Å². The van der Waals surface area contributed by atoms with Gasteiger partial charge in [-0.25, -0.2) is 0 Å². The van der Waals surface area contributed by atoms with Gasteiger partial charge in [-0.1, -0.05) is 0 Å². The highest BCUT2D eigenvalue weighted by atomic mass is 16.5. The largest absolute Gasteiger partial charge is 0.369 e. The summed E-state index contributed by atoms with van der Waals surface area (Å²) in [4.78, 5) is 21.4. The van der Waals surface area contributed by atoms with Gasteiger partial charge in [-0.15, -0.1) is 0 Å². The molecular formula is C19H25N5O2. The number of ether oxygens (including phenoxy) is 1. The summed E-state index contributed by atoms with van der Waals surface area (Å²) >= 11 is 0. The maximum atomic E-state index is 13.0. The molecule has 26 heavy (non-hydrogen) atoms. The Balaban J connectivity index is 1.47. The van der Waals surface area contributed by atoms with E-state index >= 15 is 0 Å². The van der Waals surface area contributed by atoms with Crippen molar-refractivity contribution in [2.75, 3.05) is 31.1 Å². The van der Waals surface area contributed by atoms with Crippen molar-refractivity contribution in [2.24, 2.45) is 0 Å². The second kappa shape index (κ2) is 6.72. The number of nitrogens with zero attached hydrogens (tertiary/aromatic N) is 4. The first-order chi connectivity index (χ1) is 12.5. The average molecular weight is 355 g/mol. The summed E-state index contributed by atoms with van der Waals surface area (Å²) in [6.45, 7) is 9.14. The molecule has 0 bridgehead atoms. The molecule has 0 aliphatic carbocycles. The zero-order chi connectivity index (χ0) is 18.3. The Hall–Kier alpha value is -2.41. The number of aryl methyl sites for hydroxylation is 1. The SMILES string of the molecule is Cc1cnccc1N1CCN(C(=O)c2n[nH]c3c2C[C@@H](C)O[C@H]3C)CC1. The molecule has 1 amide bonds. The third-order valence-electron chi connectivity index (χ3n) is 5.33. The van der Waals surface area contributed by atoms with Gasteiger partial charge in [0.2, 0.25) is 0 Å². The Kier molecular flexibility index (Phi) is 4.40. The van der Waals surface area contributed by atoms with Gasteiger partial charge in [-0.3, -0.25) is 14.9 Å². The smallest absolute Gasteiger partial charge is 0.274 e. The van der Waals surface area contributed by atoms with Crippen LogP contribution in [0.1, 0.15) is 47.3 Å². The van der Waals surface area contributed by atoms with Gasteiger partial charge in [0.25, 0.3) is 5.91 Å². The summed E-state index contributed by atoms with van der Waals surface area (Å²) in [6.07, 6.45) is 4.49. The summed E-state index contributed by atoms with van der Waals surface area (Å²) in [5, 5.41) is 7.35. The quantitative estimate of drug-likeness (QED) is 0.893. The first kappa shape index (κ1) is 17.0. The van der Waals surface area contributed by atoms with Crippen LogP contribution >= 0.6 is 0 Å². The van der Waals surface area contributed by atoms with E-state index in [0.29, 0.717) is 18.8 Å². The summed E-state index contributed by atoms with van der Waals surface area (Å²) in [5.41, 5.74) is 4.89. The van der Waals surface area contributed by atoms with Crippen molar-refractivity contribution in [1.82, 2.24) is 20.1 Å². The van der Waals surface area contributed by atoms with Crippen LogP contribution in [0.4, 0.5) is 5.69 Å². The molecule has 138 valence electrons. The van der Waals surface area contributed by atoms with Crippen LogP contribution in [-0.2, 0) is 11.2 Å². The van der Waals surface area contributed by atoms with Gasteiger partial charge in [0.15, 0.2) is 5.69 Å². The van der Waals surface area contributed by atoms with E-state index in [4.69, 9.17) is 4.74 Å². The first-order valence-electron chi connectivity index (χ1n) is 9.22. The Morgan fingerprint density at radius 3 is 2.77 bits per heavy atom. The van der Waals surface area contributed by atoms with Gasteiger partial charge in [0, 0.05) is 56.2 Å². The van der Waals surface area contributed by atoms with Crippen molar-refractivity contribution < 1.29 is 9.53 Å². The second-order valence-corrected chi connectivity index (χ2v) is 7.20. The average Bonchev–Trinajstić information content (AvgIpc) is 3.06. The Morgan fingerprint density at radius 1 is 1.27 bits per heavy atom. The molecule has 0 radical (unpaired) electrons. The number of aromatic amines is 1. The molecule has 0 saturated carbocycles. The molecular weight excluding hydrogens is 330 g/mol. The predicted octanol–water partition coefficient (Wildman–Crippen LogP) is 2.10. The minimum atomic E-state index is -0.0469. The van der Waals surface area contributed by atoms with E-state index in [1.807, 2.05) is 37.2 Å². The summed E-state index contributed by atoms with van der Waals surface area (Å²) in [7, 11) is 0. The van der Waals surface area contributed by atoms with Gasteiger partial charge in [0.1, 0.15) is 0 Å². The number of carbonyl (C=O) groups excluding carboxylic acids is 1. The zero-order valence-corrected chi connectivity index (χ0v) is 15.5. The number of hydrogen-bond donors (Lipinski definition) is 1. The highest BCUT2D eigenvalue weighted by molar-refractivity contribution is 5.94. The molecule has 1 saturated heterocycles. The van der Waals surface area contributed by atoms with Gasteiger partial charge >= 0.3 is 0 Å². The summed E-state index contributed by atoms with van der Waals surface area (Å²) < 4.78 is 5.82. The lowest BCUT2D eigenvalue weighted by Crippen LogP contribution is -2.49. The van der Waals surface area contributed by atoms with Crippen LogP contribution in [0, 0.1) is 6.92 Å². The number of amides is 1. The molecule has 2 atom stereocenters. The monoisotopic (exact) mass is 355 g/mol. The lowest BCUT2D eigenvalue weighted by atomic mass is 9.99. The highest BCUT2D eigenvalue weighted by Gasteiger charge is 2.32. The topological polar surface area (TPSA) is 74.4 Å². The zero-order valence-electron chi connectivity index (χ0n) is 15.5. The fourth-order valence-corrected chi connectivity index (χ4v) is 3.97. The van der Waals surface area contributed by atoms with Gasteiger partial charge in [-0.05, 0) is 32.4 Å². The van der Waals surface area contributed by atoms with Crippen LogP contribution in [0.2, 0.25) is 0 Å². The second-order valence-electron chi connectivity index (χ2n) is 7.20. The molecule has 2 aromatic rings. The number of piperazine rings is 1. The molecule has 7 heteroatoms. The fourth-order valence-electron chi connectivity index (χ4n) is 3.97. The molecule has 0 unspecified atom stereocenters. The van der Waals surface area contributed by atoms with Crippen molar-refractivity contribution in [1.29, 1.82) is 0 Å². The number of fused-ring (bicyclic) bond motifs is 1. The van der Waals surface area contributed by atoms with Crippen LogP contribution in [-0.4, -0.2) is 58.3 Å². The third kappa shape index (κ3) is 2.96. The number of hydrogen-bond acceptors (Lipinski definition) is 5. The van der Waals surface area contributed by atoms with E-state index in [1.54, 1.807) is 0 Å². The standard InChI is InChI=1S/C19H25N5O2/c1-12-11-20-5-4-16(12)23-6-8-24(9-7-23)19(25)18-15-10-13(2)26-14(3)17(15)21-22-18/h4-5,11,13-14H,6-10H2,1-3H3,(H,21,22)/t13-,14+/m1/s1. The number of pyridine rings is 1. The Bertz CT molecular complexity index is 810. The summed E-state index contributed by atoms with van der Waals surface area (Å²) in [6, 6.07) is 2.04. The highest BCUT2D eigenvalue weighted by Crippen LogP contribution is 2.31. The minimum Gasteiger partial charge on any atom is -0.369 e. The molecule has 2 aromatic heterocycles. The van der Waals surface area contributed by atoms with Crippen LogP contribution in [0.3, 0.4) is 0 Å². The van der Waals surface area contributed by atoms with Crippen LogP contribution in [0.5, 0.6) is 0 Å². The lowest BCUT2D eigenvalue weighted by molar-refractivity contribution is -0.00702. The van der Waals surface area contributed by atoms with Crippen molar-refractivity contribution in [3.8, 4) is 0 Å². The van der Waals surface area contributed by atoms with E-state index in [1.165, 1.54) is 5.69 Å². The van der Waals surface area contributed by atoms with Gasteiger partial charge in [-0.2, -0.15) is 5.10 Å². The minimum absolute atomic E-state index is 0.0231. The molecule has 1 N–H and O–H groups in total. The van der Waals surface area contributed by atoms with Gasteiger partial charge < -0.3 is 14.5 Å². The third-order valence-corrected chi connectivity index (χ3v) is 5.33. The summed E-state index contributed by atoms with van der Waals surface area (Å²) in [5.74, 6) is 0.0231. The van der Waals surface area contributed by atoms with Gasteiger partial charge in [0.05, 0.1) is 17.9 Å². The maximum absolute atomic E-state index is 13.0. The van der Waals surface area contributed by atoms with E-state index in [-0.39, 0.29) is 18.1 Å². The first-order valence-corrected chi connectivity index (χ1v) is 9.22. The number of nitrogens with one attached hydrogen (secondary N) is 1. The number of carbonyl (C=O) groups is 1. The molecule has 0 aromatic carbocycles. The van der Waals surface area contributed by atoms with Crippen molar-refractivity contribution in [2.45, 2.75) is 39.4 Å². The van der Waals surface area contributed by atoms with Crippen molar-refractivity contribution >= 4 is 11.6 Å². The van der Waals surface area contributed by atoms with Crippen LogP contribution < -0.4 is 4.90 Å². The van der Waals surface area contributed by atoms with E-state index in [9.17, 15) is 4.79 Å². The molecule has 2 aliphatic rings. The van der Waals surface area contributed by atoms with Crippen LogP contribution in [0.25, 0.3) is 0 Å². The Labute approximate surface area is 153 Å². The molecule has 7 nitrogen and oxygen atoms in total. The van der Waals surface area contributed by atoms with E-state index < -0.39 is 0 Å². The molecule has 2 aliphatic heterocycles. The molecule has 4 heterocycles. The van der Waals surface area contributed by atoms with Crippen molar-refractivity contribution in [3.63, 3.8) is 0 Å².